The number of nitrogen functional groups attached to an aromatic ring is 1. The standard InChI is InChI=1S/C15H14BrClN2OS/c1-9-2-4-11(7-12(9)17)19-15(20)8-21-14-5-3-10(16)6-13(14)18/h2-7H,8,18H2,1H3,(H,19,20). The van der Waals surface area contributed by atoms with Gasteiger partial charge in [-0.15, -0.1) is 11.8 Å². The normalized spacial score (nSPS) is 10.4. The molecule has 0 spiro atoms. The van der Waals surface area contributed by atoms with Crippen LogP contribution in [0.5, 0.6) is 0 Å². The lowest BCUT2D eigenvalue weighted by Gasteiger charge is -2.08. The smallest absolute Gasteiger partial charge is 0.234 e. The minimum absolute atomic E-state index is 0.0951. The largest absolute Gasteiger partial charge is 0.398 e. The predicted octanol–water partition coefficient (Wildman–Crippen LogP) is 4.72. The fourth-order valence-electron chi connectivity index (χ4n) is 1.66. The van der Waals surface area contributed by atoms with Crippen LogP contribution in [0, 0.1) is 6.92 Å². The average molecular weight is 386 g/mol. The Morgan fingerprint density at radius 1 is 1.33 bits per heavy atom. The van der Waals surface area contributed by atoms with Gasteiger partial charge in [-0.2, -0.15) is 0 Å². The molecule has 2 rings (SSSR count). The van der Waals surface area contributed by atoms with Crippen molar-refractivity contribution in [1.29, 1.82) is 0 Å². The van der Waals surface area contributed by atoms with Gasteiger partial charge in [-0.25, -0.2) is 0 Å². The van der Waals surface area contributed by atoms with E-state index in [9.17, 15) is 4.79 Å². The number of rotatable bonds is 4. The van der Waals surface area contributed by atoms with Crippen LogP contribution in [-0.2, 0) is 4.79 Å². The molecule has 0 unspecified atom stereocenters. The molecule has 1 amide bonds. The maximum Gasteiger partial charge on any atom is 0.234 e. The molecule has 0 fully saturated rings. The number of carbonyl (C=O) groups excluding carboxylic acids is 1. The van der Waals surface area contributed by atoms with Crippen LogP contribution < -0.4 is 11.1 Å². The molecule has 0 saturated carbocycles. The van der Waals surface area contributed by atoms with Gasteiger partial charge < -0.3 is 11.1 Å². The number of thioether (sulfide) groups is 1. The van der Waals surface area contributed by atoms with Crippen molar-refractivity contribution >= 4 is 56.6 Å². The Kier molecular flexibility index (Phi) is 5.56. The molecule has 0 aliphatic carbocycles. The Morgan fingerprint density at radius 3 is 2.76 bits per heavy atom. The average Bonchev–Trinajstić information content (AvgIpc) is 2.42. The minimum atomic E-state index is -0.0951. The number of aryl methyl sites for hydroxylation is 1. The quantitative estimate of drug-likeness (QED) is 0.591. The highest BCUT2D eigenvalue weighted by atomic mass is 79.9. The number of nitrogens with one attached hydrogen (secondary N) is 1. The summed E-state index contributed by atoms with van der Waals surface area (Å²) < 4.78 is 0.920. The number of anilines is 2. The Hall–Kier alpha value is -1.17. The first kappa shape index (κ1) is 16.2. The summed E-state index contributed by atoms with van der Waals surface area (Å²) in [6.07, 6.45) is 0. The molecule has 6 heteroatoms. The Balaban J connectivity index is 1.94. The Morgan fingerprint density at radius 2 is 2.10 bits per heavy atom. The van der Waals surface area contributed by atoms with Crippen molar-refractivity contribution < 1.29 is 4.79 Å². The van der Waals surface area contributed by atoms with Crippen molar-refractivity contribution in [2.75, 3.05) is 16.8 Å². The van der Waals surface area contributed by atoms with E-state index in [0.717, 1.165) is 14.9 Å². The Bertz CT molecular complexity index is 679. The third-order valence-electron chi connectivity index (χ3n) is 2.79. The van der Waals surface area contributed by atoms with Crippen LogP contribution in [-0.4, -0.2) is 11.7 Å². The van der Waals surface area contributed by atoms with Gasteiger partial charge in [0.15, 0.2) is 0 Å². The van der Waals surface area contributed by atoms with Gasteiger partial charge >= 0.3 is 0 Å². The second kappa shape index (κ2) is 7.20. The van der Waals surface area contributed by atoms with E-state index in [0.29, 0.717) is 16.4 Å². The van der Waals surface area contributed by atoms with Crippen LogP contribution in [0.25, 0.3) is 0 Å². The zero-order valence-corrected chi connectivity index (χ0v) is 14.5. The topological polar surface area (TPSA) is 55.1 Å². The molecule has 0 atom stereocenters. The summed E-state index contributed by atoms with van der Waals surface area (Å²) in [5.41, 5.74) is 8.22. The lowest BCUT2D eigenvalue weighted by Crippen LogP contribution is -2.14. The van der Waals surface area contributed by atoms with Gasteiger partial charge in [0.05, 0.1) is 5.75 Å². The van der Waals surface area contributed by atoms with Crippen LogP contribution in [0.3, 0.4) is 0 Å². The number of carbonyl (C=O) groups is 1. The fraction of sp³-hybridized carbons (Fsp3) is 0.133. The summed E-state index contributed by atoms with van der Waals surface area (Å²) in [7, 11) is 0. The van der Waals surface area contributed by atoms with Gasteiger partial charge in [0, 0.05) is 25.8 Å². The second-order valence-electron chi connectivity index (χ2n) is 4.48. The van der Waals surface area contributed by atoms with Crippen molar-refractivity contribution in [2.45, 2.75) is 11.8 Å². The van der Waals surface area contributed by atoms with Gasteiger partial charge in [0.25, 0.3) is 0 Å². The summed E-state index contributed by atoms with van der Waals surface area (Å²) in [5, 5.41) is 3.45. The van der Waals surface area contributed by atoms with E-state index >= 15 is 0 Å². The van der Waals surface area contributed by atoms with Crippen molar-refractivity contribution in [2.24, 2.45) is 0 Å². The summed E-state index contributed by atoms with van der Waals surface area (Å²) in [5.74, 6) is 0.194. The zero-order chi connectivity index (χ0) is 15.4. The highest BCUT2D eigenvalue weighted by Crippen LogP contribution is 2.28. The van der Waals surface area contributed by atoms with Crippen LogP contribution in [0.15, 0.2) is 45.8 Å². The van der Waals surface area contributed by atoms with Gasteiger partial charge in [0.2, 0.25) is 5.91 Å². The summed E-state index contributed by atoms with van der Waals surface area (Å²) in [6, 6.07) is 11.1. The molecule has 0 aliphatic rings. The number of halogens is 2. The molecule has 110 valence electrons. The maximum absolute atomic E-state index is 11.9. The summed E-state index contributed by atoms with van der Waals surface area (Å²) >= 11 is 10.8. The third kappa shape index (κ3) is 4.66. The Labute approximate surface area is 141 Å². The molecule has 0 aliphatic heterocycles. The van der Waals surface area contributed by atoms with Gasteiger partial charge in [-0.05, 0) is 42.8 Å². The number of benzene rings is 2. The third-order valence-corrected chi connectivity index (χ3v) is 4.78. The molecule has 3 nitrogen and oxygen atoms in total. The molecule has 0 bridgehead atoms. The van der Waals surface area contributed by atoms with E-state index in [1.165, 1.54) is 11.8 Å². The van der Waals surface area contributed by atoms with E-state index in [4.69, 9.17) is 17.3 Å². The first-order chi connectivity index (χ1) is 9.95. The van der Waals surface area contributed by atoms with Crippen LogP contribution in [0.4, 0.5) is 11.4 Å². The van der Waals surface area contributed by atoms with Crippen LogP contribution in [0.2, 0.25) is 5.02 Å². The lowest BCUT2D eigenvalue weighted by molar-refractivity contribution is -0.113. The van der Waals surface area contributed by atoms with E-state index in [2.05, 4.69) is 21.2 Å². The van der Waals surface area contributed by atoms with Crippen molar-refractivity contribution in [3.8, 4) is 0 Å². The van der Waals surface area contributed by atoms with Gasteiger partial charge in [-0.3, -0.25) is 4.79 Å². The molecule has 0 radical (unpaired) electrons. The summed E-state index contributed by atoms with van der Waals surface area (Å²) in [4.78, 5) is 12.8. The van der Waals surface area contributed by atoms with Crippen LogP contribution >= 0.6 is 39.3 Å². The first-order valence-corrected chi connectivity index (χ1v) is 8.35. The second-order valence-corrected chi connectivity index (χ2v) is 6.82. The van der Waals surface area contributed by atoms with E-state index < -0.39 is 0 Å². The van der Waals surface area contributed by atoms with Gasteiger partial charge in [-0.1, -0.05) is 33.6 Å². The predicted molar refractivity (Wildman–Crippen MR) is 94.1 cm³/mol. The monoisotopic (exact) mass is 384 g/mol. The van der Waals surface area contributed by atoms with Crippen LogP contribution in [0.1, 0.15) is 5.56 Å². The van der Waals surface area contributed by atoms with Crippen molar-refractivity contribution in [3.63, 3.8) is 0 Å². The SMILES string of the molecule is Cc1ccc(NC(=O)CSc2ccc(Br)cc2N)cc1Cl. The number of nitrogens with two attached hydrogens (primary N) is 1. The highest BCUT2D eigenvalue weighted by Gasteiger charge is 2.07. The van der Waals surface area contributed by atoms with Crippen molar-refractivity contribution in [1.82, 2.24) is 0 Å². The number of hydrogen-bond acceptors (Lipinski definition) is 3. The molecular weight excluding hydrogens is 372 g/mol. The molecule has 21 heavy (non-hydrogen) atoms. The van der Waals surface area contributed by atoms with Gasteiger partial charge in [0.1, 0.15) is 0 Å². The van der Waals surface area contributed by atoms with E-state index in [-0.39, 0.29) is 11.7 Å². The number of amides is 1. The molecule has 2 aromatic carbocycles. The molecule has 0 heterocycles. The van der Waals surface area contributed by atoms with Crippen molar-refractivity contribution in [3.05, 3.63) is 51.5 Å². The maximum atomic E-state index is 11.9. The summed E-state index contributed by atoms with van der Waals surface area (Å²) in [6.45, 7) is 1.92. The molecule has 0 saturated heterocycles. The highest BCUT2D eigenvalue weighted by molar-refractivity contribution is 9.10. The zero-order valence-electron chi connectivity index (χ0n) is 11.3. The van der Waals surface area contributed by atoms with E-state index in [1.54, 1.807) is 6.07 Å². The lowest BCUT2D eigenvalue weighted by atomic mass is 10.2. The molecular formula is C15H14BrClN2OS. The minimum Gasteiger partial charge on any atom is -0.398 e. The molecule has 2 aromatic rings. The molecule has 0 aromatic heterocycles. The van der Waals surface area contributed by atoms with E-state index in [1.807, 2.05) is 37.3 Å². The molecule has 3 N–H and O–H groups in total. The first-order valence-electron chi connectivity index (χ1n) is 6.19. The fourth-order valence-corrected chi connectivity index (χ4v) is 2.97. The number of hydrogen-bond donors (Lipinski definition) is 2.